The van der Waals surface area contributed by atoms with Crippen molar-refractivity contribution in [1.82, 2.24) is 4.57 Å². The number of fused-ring (bicyclic) bond motifs is 1. The largest absolute Gasteiger partial charge is 0.497 e. The Morgan fingerprint density at radius 2 is 2.00 bits per heavy atom. The highest BCUT2D eigenvalue weighted by Gasteiger charge is 2.08. The normalized spacial score (nSPS) is 11.9. The maximum absolute atomic E-state index is 12.9. The Bertz CT molecular complexity index is 942. The summed E-state index contributed by atoms with van der Waals surface area (Å²) in [6.45, 7) is 2.73. The first-order valence-corrected chi connectivity index (χ1v) is 8.41. The molecule has 0 aliphatic carbocycles. The molecule has 24 heavy (non-hydrogen) atoms. The molecule has 6 heteroatoms. The number of ether oxygens (including phenoxy) is 1. The van der Waals surface area contributed by atoms with E-state index in [1.54, 1.807) is 19.2 Å². The molecule has 4 nitrogen and oxygen atoms in total. The molecule has 0 atom stereocenters. The Kier molecular flexibility index (Phi) is 4.76. The van der Waals surface area contributed by atoms with Crippen LogP contribution in [0.3, 0.4) is 0 Å². The summed E-state index contributed by atoms with van der Waals surface area (Å²) in [6, 6.07) is 11.7. The molecule has 0 bridgehead atoms. The minimum Gasteiger partial charge on any atom is -0.497 e. The molecule has 0 unspecified atom stereocenters. The number of hydrogen-bond acceptors (Lipinski definition) is 3. The third-order valence-corrected chi connectivity index (χ3v) is 4.74. The topological polar surface area (TPSA) is 43.6 Å². The Labute approximate surface area is 142 Å². The Hall–Kier alpha value is -2.47. The fraction of sp³-hybridized carbons (Fsp3) is 0.222. The van der Waals surface area contributed by atoms with Gasteiger partial charge in [0.25, 0.3) is 5.91 Å². The number of methoxy groups -OCH3 is 1. The van der Waals surface area contributed by atoms with Gasteiger partial charge in [-0.15, -0.1) is 0 Å². The van der Waals surface area contributed by atoms with Crippen LogP contribution in [-0.4, -0.2) is 17.6 Å². The van der Waals surface area contributed by atoms with Gasteiger partial charge in [-0.25, -0.2) is 4.39 Å². The predicted octanol–water partition coefficient (Wildman–Crippen LogP) is 3.54. The van der Waals surface area contributed by atoms with Crippen molar-refractivity contribution in [2.24, 2.45) is 4.99 Å². The summed E-state index contributed by atoms with van der Waals surface area (Å²) in [6.07, 6.45) is 0.154. The molecule has 1 aromatic heterocycles. The smallest absolute Gasteiger partial charge is 0.252 e. The lowest BCUT2D eigenvalue weighted by Gasteiger charge is -2.02. The lowest BCUT2D eigenvalue weighted by molar-refractivity contribution is -0.117. The first kappa shape index (κ1) is 16.4. The zero-order valence-electron chi connectivity index (χ0n) is 13.5. The maximum atomic E-state index is 12.9. The van der Waals surface area contributed by atoms with Crippen LogP contribution in [0.4, 0.5) is 4.39 Å². The van der Waals surface area contributed by atoms with E-state index >= 15 is 0 Å². The van der Waals surface area contributed by atoms with Crippen LogP contribution in [0.5, 0.6) is 5.75 Å². The molecule has 0 saturated heterocycles. The van der Waals surface area contributed by atoms with Crippen LogP contribution in [0.1, 0.15) is 12.5 Å². The van der Waals surface area contributed by atoms with Gasteiger partial charge in [-0.05, 0) is 42.8 Å². The lowest BCUT2D eigenvalue weighted by atomic mass is 10.1. The second kappa shape index (κ2) is 6.97. The third-order valence-electron chi connectivity index (χ3n) is 3.70. The number of carbonyl (C=O) groups excluding carboxylic acids is 1. The van der Waals surface area contributed by atoms with Crippen LogP contribution in [0, 0.1) is 5.82 Å². The quantitative estimate of drug-likeness (QED) is 0.726. The Morgan fingerprint density at radius 3 is 2.67 bits per heavy atom. The SMILES string of the molecule is CCn1c(=NC(=O)Cc2ccc(F)cc2)sc2cc(OC)ccc21. The lowest BCUT2D eigenvalue weighted by Crippen LogP contribution is -2.16. The summed E-state index contributed by atoms with van der Waals surface area (Å²) in [5.41, 5.74) is 1.77. The molecule has 0 radical (unpaired) electrons. The highest BCUT2D eigenvalue weighted by molar-refractivity contribution is 7.16. The zero-order valence-corrected chi connectivity index (χ0v) is 14.3. The molecule has 0 fully saturated rings. The van der Waals surface area contributed by atoms with Crippen molar-refractivity contribution in [2.75, 3.05) is 7.11 Å². The summed E-state index contributed by atoms with van der Waals surface area (Å²) >= 11 is 1.45. The van der Waals surface area contributed by atoms with Gasteiger partial charge in [0.2, 0.25) is 0 Å². The molecule has 124 valence electrons. The molecule has 0 spiro atoms. The summed E-state index contributed by atoms with van der Waals surface area (Å²) in [7, 11) is 1.63. The van der Waals surface area contributed by atoms with Crippen molar-refractivity contribution in [3.05, 3.63) is 58.6 Å². The van der Waals surface area contributed by atoms with Gasteiger partial charge in [-0.2, -0.15) is 4.99 Å². The van der Waals surface area contributed by atoms with E-state index in [0.29, 0.717) is 4.80 Å². The van der Waals surface area contributed by atoms with E-state index in [9.17, 15) is 9.18 Å². The van der Waals surface area contributed by atoms with Crippen LogP contribution in [-0.2, 0) is 17.8 Å². The summed E-state index contributed by atoms with van der Waals surface area (Å²) in [5.74, 6) is 0.212. The van der Waals surface area contributed by atoms with Gasteiger partial charge in [-0.1, -0.05) is 23.5 Å². The van der Waals surface area contributed by atoms with Crippen molar-refractivity contribution < 1.29 is 13.9 Å². The zero-order chi connectivity index (χ0) is 17.1. The molecule has 2 aromatic carbocycles. The second-order valence-corrected chi connectivity index (χ2v) is 6.28. The number of aromatic nitrogens is 1. The van der Waals surface area contributed by atoms with Crippen LogP contribution in [0.15, 0.2) is 47.5 Å². The van der Waals surface area contributed by atoms with E-state index in [-0.39, 0.29) is 18.1 Å². The predicted molar refractivity (Wildman–Crippen MR) is 92.7 cm³/mol. The molecule has 1 amide bonds. The summed E-state index contributed by atoms with van der Waals surface area (Å²) in [4.78, 5) is 17.2. The number of halogens is 1. The number of thiazole rings is 1. The summed E-state index contributed by atoms with van der Waals surface area (Å²) in [5, 5.41) is 0. The highest BCUT2D eigenvalue weighted by Crippen LogP contribution is 2.23. The van der Waals surface area contributed by atoms with E-state index in [0.717, 1.165) is 28.1 Å². The van der Waals surface area contributed by atoms with E-state index in [1.165, 1.54) is 23.5 Å². The van der Waals surface area contributed by atoms with Gasteiger partial charge in [0.1, 0.15) is 11.6 Å². The Balaban J connectivity index is 1.96. The summed E-state index contributed by atoms with van der Waals surface area (Å²) < 4.78 is 21.2. The van der Waals surface area contributed by atoms with Gasteiger partial charge in [0.05, 0.1) is 23.7 Å². The fourth-order valence-electron chi connectivity index (χ4n) is 2.49. The van der Waals surface area contributed by atoms with E-state index in [1.807, 2.05) is 29.7 Å². The van der Waals surface area contributed by atoms with Gasteiger partial charge in [0, 0.05) is 6.54 Å². The molecule has 0 N–H and O–H groups in total. The average Bonchev–Trinajstić information content (AvgIpc) is 2.92. The molecular formula is C18H17FN2O2S. The van der Waals surface area contributed by atoms with Crippen molar-refractivity contribution >= 4 is 27.5 Å². The van der Waals surface area contributed by atoms with Crippen molar-refractivity contribution in [3.63, 3.8) is 0 Å². The molecular weight excluding hydrogens is 327 g/mol. The Morgan fingerprint density at radius 1 is 1.25 bits per heavy atom. The van der Waals surface area contributed by atoms with Crippen LogP contribution < -0.4 is 9.54 Å². The standard InChI is InChI=1S/C18H17FN2O2S/c1-3-21-15-9-8-14(23-2)11-16(15)24-18(21)20-17(22)10-12-4-6-13(19)7-5-12/h4-9,11H,3,10H2,1-2H3. The molecule has 3 rings (SSSR count). The number of benzene rings is 2. The van der Waals surface area contributed by atoms with Crippen molar-refractivity contribution in [1.29, 1.82) is 0 Å². The van der Waals surface area contributed by atoms with Crippen LogP contribution >= 0.6 is 11.3 Å². The molecule has 0 saturated carbocycles. The van der Waals surface area contributed by atoms with E-state index in [2.05, 4.69) is 4.99 Å². The fourth-order valence-corrected chi connectivity index (χ4v) is 3.63. The van der Waals surface area contributed by atoms with Crippen molar-refractivity contribution in [2.45, 2.75) is 19.9 Å². The number of aryl methyl sites for hydroxylation is 1. The number of nitrogens with zero attached hydrogens (tertiary/aromatic N) is 2. The van der Waals surface area contributed by atoms with Crippen LogP contribution in [0.2, 0.25) is 0 Å². The highest BCUT2D eigenvalue weighted by atomic mass is 32.1. The first-order valence-electron chi connectivity index (χ1n) is 7.60. The molecule has 0 aliphatic heterocycles. The van der Waals surface area contributed by atoms with Gasteiger partial charge < -0.3 is 9.30 Å². The number of rotatable bonds is 4. The van der Waals surface area contributed by atoms with Crippen LogP contribution in [0.25, 0.3) is 10.2 Å². The minimum atomic E-state index is -0.314. The molecule has 3 aromatic rings. The van der Waals surface area contributed by atoms with Gasteiger partial charge >= 0.3 is 0 Å². The molecule has 0 aliphatic rings. The maximum Gasteiger partial charge on any atom is 0.252 e. The number of amides is 1. The average molecular weight is 344 g/mol. The molecule has 1 heterocycles. The monoisotopic (exact) mass is 344 g/mol. The second-order valence-electron chi connectivity index (χ2n) is 5.27. The minimum absolute atomic E-state index is 0.154. The van der Waals surface area contributed by atoms with E-state index < -0.39 is 0 Å². The first-order chi connectivity index (χ1) is 11.6. The number of hydrogen-bond donors (Lipinski definition) is 0. The number of carbonyl (C=O) groups is 1. The van der Waals surface area contributed by atoms with E-state index in [4.69, 9.17) is 4.74 Å². The van der Waals surface area contributed by atoms with Gasteiger partial charge in [0.15, 0.2) is 4.80 Å². The third kappa shape index (κ3) is 3.38. The van der Waals surface area contributed by atoms with Crippen molar-refractivity contribution in [3.8, 4) is 5.75 Å². The van der Waals surface area contributed by atoms with Gasteiger partial charge in [-0.3, -0.25) is 4.79 Å².